The van der Waals surface area contributed by atoms with Crippen molar-refractivity contribution in [2.24, 2.45) is 5.41 Å². The molecule has 0 heterocycles. The highest BCUT2D eigenvalue weighted by Gasteiger charge is 2.42. The first kappa shape index (κ1) is 15.9. The van der Waals surface area contributed by atoms with Crippen molar-refractivity contribution in [3.63, 3.8) is 0 Å². The number of aliphatic carboxylic acids is 1. The predicted octanol–water partition coefficient (Wildman–Crippen LogP) is 3.46. The quantitative estimate of drug-likeness (QED) is 0.872. The van der Waals surface area contributed by atoms with Gasteiger partial charge >= 0.3 is 5.97 Å². The first-order valence-electron chi connectivity index (χ1n) is 6.00. The second kappa shape index (κ2) is 5.47. The second-order valence-corrected chi connectivity index (χ2v) is 6.06. The minimum Gasteiger partial charge on any atom is -0.481 e. The van der Waals surface area contributed by atoms with Crippen molar-refractivity contribution in [3.8, 4) is 0 Å². The van der Waals surface area contributed by atoms with Gasteiger partial charge in [0.2, 0.25) is 0 Å². The Balaban J connectivity index is 2.80. The van der Waals surface area contributed by atoms with E-state index >= 15 is 0 Å². The van der Waals surface area contributed by atoms with Crippen LogP contribution in [0, 0.1) is 11.2 Å². The number of nitrogens with one attached hydrogen (secondary N) is 1. The number of carboxylic acid groups (broad SMARTS) is 1. The SMILES string of the molecule is CC(C)(NCc1ccc(Cl)c(F)c1)C(C)(C)C(=O)O. The molecule has 0 bridgehead atoms. The van der Waals surface area contributed by atoms with Crippen LogP contribution < -0.4 is 5.32 Å². The van der Waals surface area contributed by atoms with Crippen LogP contribution in [0.3, 0.4) is 0 Å². The molecule has 2 N–H and O–H groups in total. The number of rotatable bonds is 5. The van der Waals surface area contributed by atoms with Crippen molar-refractivity contribution < 1.29 is 14.3 Å². The molecular weight excluding hydrogens is 269 g/mol. The van der Waals surface area contributed by atoms with Crippen molar-refractivity contribution in [1.82, 2.24) is 5.32 Å². The molecular formula is C14H19ClFNO2. The minimum absolute atomic E-state index is 0.0777. The molecule has 0 aliphatic heterocycles. The van der Waals surface area contributed by atoms with Gasteiger partial charge in [-0.1, -0.05) is 17.7 Å². The lowest BCUT2D eigenvalue weighted by Crippen LogP contribution is -2.54. The lowest BCUT2D eigenvalue weighted by atomic mass is 9.74. The molecule has 0 atom stereocenters. The Morgan fingerprint density at radius 3 is 2.42 bits per heavy atom. The average molecular weight is 288 g/mol. The van der Waals surface area contributed by atoms with E-state index in [1.807, 2.05) is 13.8 Å². The molecule has 0 aliphatic rings. The molecule has 0 aliphatic carbocycles. The van der Waals surface area contributed by atoms with Gasteiger partial charge in [0.05, 0.1) is 10.4 Å². The highest BCUT2D eigenvalue weighted by atomic mass is 35.5. The summed E-state index contributed by atoms with van der Waals surface area (Å²) >= 11 is 5.61. The third-order valence-corrected chi connectivity index (χ3v) is 4.12. The highest BCUT2D eigenvalue weighted by molar-refractivity contribution is 6.30. The molecule has 0 amide bonds. The lowest BCUT2D eigenvalue weighted by Gasteiger charge is -2.39. The van der Waals surface area contributed by atoms with Gasteiger partial charge in [0.15, 0.2) is 0 Å². The summed E-state index contributed by atoms with van der Waals surface area (Å²) in [6.07, 6.45) is 0. The summed E-state index contributed by atoms with van der Waals surface area (Å²) in [7, 11) is 0. The third kappa shape index (κ3) is 3.45. The van der Waals surface area contributed by atoms with Gasteiger partial charge in [-0.15, -0.1) is 0 Å². The van der Waals surface area contributed by atoms with Crippen molar-refractivity contribution in [3.05, 3.63) is 34.6 Å². The summed E-state index contributed by atoms with van der Waals surface area (Å²) in [6, 6.07) is 4.55. The Labute approximate surface area is 117 Å². The zero-order valence-electron chi connectivity index (χ0n) is 11.6. The van der Waals surface area contributed by atoms with E-state index < -0.39 is 22.7 Å². The van der Waals surface area contributed by atoms with E-state index in [-0.39, 0.29) is 5.02 Å². The molecule has 1 aromatic rings. The zero-order valence-corrected chi connectivity index (χ0v) is 12.3. The molecule has 0 radical (unpaired) electrons. The predicted molar refractivity (Wildman–Crippen MR) is 73.7 cm³/mol. The van der Waals surface area contributed by atoms with Crippen LogP contribution in [-0.2, 0) is 11.3 Å². The average Bonchev–Trinajstić information content (AvgIpc) is 2.30. The number of hydrogen-bond acceptors (Lipinski definition) is 2. The molecule has 0 spiro atoms. The molecule has 0 saturated carbocycles. The summed E-state index contributed by atoms with van der Waals surface area (Å²) in [6.45, 7) is 7.31. The standard InChI is InChI=1S/C14H19ClFNO2/c1-13(2,12(18)19)14(3,4)17-8-9-5-6-10(15)11(16)7-9/h5-7,17H,8H2,1-4H3,(H,18,19). The van der Waals surface area contributed by atoms with E-state index in [0.717, 1.165) is 5.56 Å². The fourth-order valence-electron chi connectivity index (χ4n) is 1.46. The van der Waals surface area contributed by atoms with Crippen molar-refractivity contribution in [2.45, 2.75) is 39.8 Å². The largest absolute Gasteiger partial charge is 0.481 e. The van der Waals surface area contributed by atoms with E-state index in [2.05, 4.69) is 5.32 Å². The Hall–Kier alpha value is -1.13. The van der Waals surface area contributed by atoms with Gasteiger partial charge in [0.1, 0.15) is 5.82 Å². The van der Waals surface area contributed by atoms with Crippen LogP contribution >= 0.6 is 11.6 Å². The molecule has 19 heavy (non-hydrogen) atoms. The smallest absolute Gasteiger partial charge is 0.310 e. The van der Waals surface area contributed by atoms with Gasteiger partial charge in [0, 0.05) is 12.1 Å². The molecule has 0 unspecified atom stereocenters. The van der Waals surface area contributed by atoms with Crippen molar-refractivity contribution in [2.75, 3.05) is 0 Å². The number of carbonyl (C=O) groups is 1. The van der Waals surface area contributed by atoms with Gasteiger partial charge in [-0.3, -0.25) is 4.79 Å². The number of carboxylic acids is 1. The van der Waals surface area contributed by atoms with Crippen molar-refractivity contribution >= 4 is 17.6 Å². The van der Waals surface area contributed by atoms with E-state index in [4.69, 9.17) is 11.6 Å². The molecule has 1 rings (SSSR count). The van der Waals surface area contributed by atoms with Crippen LogP contribution in [0.5, 0.6) is 0 Å². The van der Waals surface area contributed by atoms with Crippen LogP contribution in [-0.4, -0.2) is 16.6 Å². The van der Waals surface area contributed by atoms with Crippen molar-refractivity contribution in [1.29, 1.82) is 0 Å². The summed E-state index contributed by atoms with van der Waals surface area (Å²) in [4.78, 5) is 11.3. The summed E-state index contributed by atoms with van der Waals surface area (Å²) in [5.41, 5.74) is -0.872. The first-order valence-corrected chi connectivity index (χ1v) is 6.38. The zero-order chi connectivity index (χ0) is 14.8. The summed E-state index contributed by atoms with van der Waals surface area (Å²) in [5.74, 6) is -1.36. The highest BCUT2D eigenvalue weighted by Crippen LogP contribution is 2.31. The monoisotopic (exact) mass is 287 g/mol. The molecule has 1 aromatic carbocycles. The van der Waals surface area contributed by atoms with Gasteiger partial charge in [-0.25, -0.2) is 4.39 Å². The van der Waals surface area contributed by atoms with Crippen LogP contribution in [0.4, 0.5) is 4.39 Å². The Kier molecular flexibility index (Phi) is 4.59. The van der Waals surface area contributed by atoms with Gasteiger partial charge in [-0.05, 0) is 45.4 Å². The molecule has 5 heteroatoms. The number of hydrogen-bond donors (Lipinski definition) is 2. The molecule has 0 fully saturated rings. The Morgan fingerprint density at radius 1 is 1.37 bits per heavy atom. The van der Waals surface area contributed by atoms with Gasteiger partial charge in [0.25, 0.3) is 0 Å². The Bertz CT molecular complexity index is 486. The van der Waals surface area contributed by atoms with E-state index in [0.29, 0.717) is 6.54 Å². The topological polar surface area (TPSA) is 49.3 Å². The fourth-order valence-corrected chi connectivity index (χ4v) is 1.58. The lowest BCUT2D eigenvalue weighted by molar-refractivity contribution is -0.151. The van der Waals surface area contributed by atoms with Gasteiger partial charge < -0.3 is 10.4 Å². The normalized spacial score (nSPS) is 12.5. The molecule has 3 nitrogen and oxygen atoms in total. The van der Waals surface area contributed by atoms with E-state index in [1.165, 1.54) is 12.1 Å². The van der Waals surface area contributed by atoms with Crippen LogP contribution in [0.2, 0.25) is 5.02 Å². The van der Waals surface area contributed by atoms with Crippen LogP contribution in [0.1, 0.15) is 33.3 Å². The van der Waals surface area contributed by atoms with E-state index in [1.54, 1.807) is 19.9 Å². The maximum Gasteiger partial charge on any atom is 0.310 e. The third-order valence-electron chi connectivity index (χ3n) is 3.82. The van der Waals surface area contributed by atoms with E-state index in [9.17, 15) is 14.3 Å². The molecule has 0 saturated heterocycles. The second-order valence-electron chi connectivity index (χ2n) is 5.66. The maximum absolute atomic E-state index is 13.3. The number of benzene rings is 1. The maximum atomic E-state index is 13.3. The summed E-state index contributed by atoms with van der Waals surface area (Å²) in [5, 5.41) is 12.5. The minimum atomic E-state index is -0.946. The molecule has 106 valence electrons. The van der Waals surface area contributed by atoms with Crippen LogP contribution in [0.25, 0.3) is 0 Å². The first-order chi connectivity index (χ1) is 8.58. The summed E-state index contributed by atoms with van der Waals surface area (Å²) < 4.78 is 13.3. The Morgan fingerprint density at radius 2 is 1.95 bits per heavy atom. The molecule has 0 aromatic heterocycles. The number of halogens is 2. The van der Waals surface area contributed by atoms with Crippen LogP contribution in [0.15, 0.2) is 18.2 Å². The fraction of sp³-hybridized carbons (Fsp3) is 0.500. The van der Waals surface area contributed by atoms with Gasteiger partial charge in [-0.2, -0.15) is 0 Å².